The van der Waals surface area contributed by atoms with E-state index in [1.54, 1.807) is 24.3 Å². The number of nitrogens with one attached hydrogen (secondary N) is 1. The lowest BCUT2D eigenvalue weighted by atomic mass is 9.80. The molecule has 0 radical (unpaired) electrons. The fourth-order valence-corrected chi connectivity index (χ4v) is 3.66. The number of aromatic nitrogens is 1. The molecule has 6 heteroatoms. The van der Waals surface area contributed by atoms with Gasteiger partial charge in [0, 0.05) is 37.5 Å². The molecule has 2 amide bonds. The summed E-state index contributed by atoms with van der Waals surface area (Å²) in [6.45, 7) is 0.356. The lowest BCUT2D eigenvalue weighted by Crippen LogP contribution is -2.35. The van der Waals surface area contributed by atoms with E-state index in [-0.39, 0.29) is 17.7 Å². The lowest BCUT2D eigenvalue weighted by molar-refractivity contribution is -0.135. The Morgan fingerprint density at radius 3 is 2.43 bits per heavy atom. The van der Waals surface area contributed by atoms with Gasteiger partial charge in [0.05, 0.1) is 6.61 Å². The van der Waals surface area contributed by atoms with Crippen LogP contribution in [0.3, 0.4) is 0 Å². The van der Waals surface area contributed by atoms with Crippen LogP contribution in [-0.2, 0) is 21.0 Å². The van der Waals surface area contributed by atoms with Gasteiger partial charge in [-0.15, -0.1) is 0 Å². The lowest BCUT2D eigenvalue weighted by Gasteiger charge is -2.30. The molecule has 1 aliphatic rings. The Morgan fingerprint density at radius 2 is 1.75 bits per heavy atom. The van der Waals surface area contributed by atoms with Crippen LogP contribution in [0.4, 0.5) is 5.69 Å². The number of hydrogen-bond acceptors (Lipinski definition) is 4. The number of carbonyl (C=O) groups excluding carboxylic acids is 2. The Bertz CT molecular complexity index is 759. The second-order valence-corrected chi connectivity index (χ2v) is 7.32. The van der Waals surface area contributed by atoms with Gasteiger partial charge >= 0.3 is 0 Å². The van der Waals surface area contributed by atoms with Crippen molar-refractivity contribution < 1.29 is 14.4 Å². The number of amides is 2. The van der Waals surface area contributed by atoms with Crippen LogP contribution in [0, 0.1) is 11.8 Å². The molecule has 0 spiro atoms. The van der Waals surface area contributed by atoms with Crippen LogP contribution in [-0.4, -0.2) is 23.8 Å². The van der Waals surface area contributed by atoms with E-state index in [1.807, 2.05) is 42.5 Å². The SMILES string of the molecule is CN(C(=O)C1CCC(CC(=O)NOCc2ccccc2)CC1)c1ccncc1. The maximum Gasteiger partial charge on any atom is 0.243 e. The van der Waals surface area contributed by atoms with E-state index in [4.69, 9.17) is 4.84 Å². The number of pyridine rings is 1. The largest absolute Gasteiger partial charge is 0.315 e. The van der Waals surface area contributed by atoms with Crippen LogP contribution < -0.4 is 10.4 Å². The summed E-state index contributed by atoms with van der Waals surface area (Å²) in [5.74, 6) is 0.363. The van der Waals surface area contributed by atoms with Gasteiger partial charge in [-0.25, -0.2) is 5.48 Å². The van der Waals surface area contributed by atoms with Crippen LogP contribution in [0.2, 0.25) is 0 Å². The van der Waals surface area contributed by atoms with Crippen molar-refractivity contribution in [2.24, 2.45) is 11.8 Å². The Labute approximate surface area is 165 Å². The summed E-state index contributed by atoms with van der Waals surface area (Å²) in [7, 11) is 1.81. The van der Waals surface area contributed by atoms with Gasteiger partial charge in [-0.2, -0.15) is 0 Å². The third-order valence-corrected chi connectivity index (χ3v) is 5.32. The highest BCUT2D eigenvalue weighted by Gasteiger charge is 2.29. The van der Waals surface area contributed by atoms with Gasteiger partial charge in [-0.05, 0) is 49.3 Å². The molecular formula is C22H27N3O3. The van der Waals surface area contributed by atoms with Gasteiger partial charge in [0.2, 0.25) is 11.8 Å². The van der Waals surface area contributed by atoms with E-state index < -0.39 is 0 Å². The van der Waals surface area contributed by atoms with E-state index in [0.717, 1.165) is 36.9 Å². The van der Waals surface area contributed by atoms with Crippen molar-refractivity contribution in [2.45, 2.75) is 38.7 Å². The number of hydrogen-bond donors (Lipinski definition) is 1. The van der Waals surface area contributed by atoms with Gasteiger partial charge in [-0.1, -0.05) is 30.3 Å². The molecule has 1 aliphatic carbocycles. The Kier molecular flexibility index (Phi) is 7.14. The predicted octanol–water partition coefficient (Wildman–Crippen LogP) is 3.49. The second-order valence-electron chi connectivity index (χ2n) is 7.32. The minimum Gasteiger partial charge on any atom is -0.315 e. The fraction of sp³-hybridized carbons (Fsp3) is 0.409. The van der Waals surface area contributed by atoms with E-state index in [2.05, 4.69) is 10.5 Å². The van der Waals surface area contributed by atoms with Crippen molar-refractivity contribution in [3.63, 3.8) is 0 Å². The van der Waals surface area contributed by atoms with E-state index in [0.29, 0.717) is 18.9 Å². The molecule has 3 rings (SSSR count). The molecule has 1 saturated carbocycles. The van der Waals surface area contributed by atoms with Crippen molar-refractivity contribution >= 4 is 17.5 Å². The highest BCUT2D eigenvalue weighted by molar-refractivity contribution is 5.94. The number of nitrogens with zero attached hydrogens (tertiary/aromatic N) is 2. The summed E-state index contributed by atoms with van der Waals surface area (Å²) in [4.78, 5) is 35.8. The first-order valence-electron chi connectivity index (χ1n) is 9.75. The molecule has 2 aromatic rings. The maximum atomic E-state index is 12.7. The summed E-state index contributed by atoms with van der Waals surface area (Å²) in [5.41, 5.74) is 4.40. The third-order valence-electron chi connectivity index (χ3n) is 5.32. The molecule has 0 atom stereocenters. The van der Waals surface area contributed by atoms with Crippen LogP contribution >= 0.6 is 0 Å². The maximum absolute atomic E-state index is 12.7. The standard InChI is InChI=1S/C22H27N3O3/c1-25(20-11-13-23-14-12-20)22(27)19-9-7-17(8-10-19)15-21(26)24-28-16-18-5-3-2-4-6-18/h2-6,11-14,17,19H,7-10,15-16H2,1H3,(H,24,26). The zero-order chi connectivity index (χ0) is 19.8. The van der Waals surface area contributed by atoms with Crippen LogP contribution in [0.5, 0.6) is 0 Å². The minimum atomic E-state index is -0.0976. The summed E-state index contributed by atoms with van der Waals surface area (Å²) < 4.78 is 0. The van der Waals surface area contributed by atoms with Crippen molar-refractivity contribution in [1.82, 2.24) is 10.5 Å². The van der Waals surface area contributed by atoms with Gasteiger partial charge in [-0.3, -0.25) is 19.4 Å². The molecule has 1 heterocycles. The van der Waals surface area contributed by atoms with E-state index in [1.165, 1.54) is 0 Å². The second kappa shape index (κ2) is 9.99. The number of rotatable bonds is 7. The summed E-state index contributed by atoms with van der Waals surface area (Å²) in [6.07, 6.45) is 7.21. The predicted molar refractivity (Wildman–Crippen MR) is 107 cm³/mol. The van der Waals surface area contributed by atoms with E-state index in [9.17, 15) is 9.59 Å². The van der Waals surface area contributed by atoms with Crippen LogP contribution in [0.15, 0.2) is 54.9 Å². The zero-order valence-corrected chi connectivity index (χ0v) is 16.2. The average molecular weight is 381 g/mol. The van der Waals surface area contributed by atoms with Crippen molar-refractivity contribution in [2.75, 3.05) is 11.9 Å². The molecular weight excluding hydrogens is 354 g/mol. The average Bonchev–Trinajstić information content (AvgIpc) is 2.74. The molecule has 28 heavy (non-hydrogen) atoms. The number of carbonyl (C=O) groups is 2. The molecule has 1 aromatic heterocycles. The van der Waals surface area contributed by atoms with Crippen molar-refractivity contribution in [3.8, 4) is 0 Å². The molecule has 148 valence electrons. The summed E-state index contributed by atoms with van der Waals surface area (Å²) >= 11 is 0. The Hall–Kier alpha value is -2.73. The van der Waals surface area contributed by atoms with Gasteiger partial charge in [0.25, 0.3) is 0 Å². The van der Waals surface area contributed by atoms with Crippen molar-refractivity contribution in [3.05, 3.63) is 60.4 Å². The Morgan fingerprint density at radius 1 is 1.07 bits per heavy atom. The highest BCUT2D eigenvalue weighted by atomic mass is 16.6. The van der Waals surface area contributed by atoms with E-state index >= 15 is 0 Å². The summed E-state index contributed by atoms with van der Waals surface area (Å²) in [6, 6.07) is 13.4. The molecule has 0 unspecified atom stereocenters. The number of benzene rings is 1. The quantitative estimate of drug-likeness (QED) is 0.745. The first-order chi connectivity index (χ1) is 13.6. The first-order valence-corrected chi connectivity index (χ1v) is 9.75. The molecule has 0 saturated heterocycles. The molecule has 1 aromatic carbocycles. The molecule has 1 fully saturated rings. The van der Waals surface area contributed by atoms with Crippen molar-refractivity contribution in [1.29, 1.82) is 0 Å². The molecule has 1 N–H and O–H groups in total. The number of hydroxylamine groups is 1. The monoisotopic (exact) mass is 381 g/mol. The summed E-state index contributed by atoms with van der Waals surface area (Å²) in [5, 5.41) is 0. The number of anilines is 1. The topological polar surface area (TPSA) is 71.5 Å². The van der Waals surface area contributed by atoms with Gasteiger partial charge in [0.15, 0.2) is 0 Å². The molecule has 0 aliphatic heterocycles. The smallest absolute Gasteiger partial charge is 0.243 e. The van der Waals surface area contributed by atoms with Gasteiger partial charge < -0.3 is 4.90 Å². The zero-order valence-electron chi connectivity index (χ0n) is 16.2. The normalized spacial score (nSPS) is 19.0. The molecule has 6 nitrogen and oxygen atoms in total. The third kappa shape index (κ3) is 5.63. The van der Waals surface area contributed by atoms with Gasteiger partial charge in [0.1, 0.15) is 0 Å². The van der Waals surface area contributed by atoms with Crippen LogP contribution in [0.25, 0.3) is 0 Å². The minimum absolute atomic E-state index is 0.0202. The highest BCUT2D eigenvalue weighted by Crippen LogP contribution is 2.32. The van der Waals surface area contributed by atoms with Crippen LogP contribution in [0.1, 0.15) is 37.7 Å². The first kappa shape index (κ1) is 20.0. The fourth-order valence-electron chi connectivity index (χ4n) is 3.66. The molecule has 0 bridgehead atoms. The Balaban J connectivity index is 1.37.